The molecule has 6 rings (SSSR count). The molecule has 4 aliphatic rings. The number of thiazole rings is 1. The number of amides is 3. The fourth-order valence-electron chi connectivity index (χ4n) is 5.21. The molecule has 1 saturated heterocycles. The fourth-order valence-corrected chi connectivity index (χ4v) is 6.34. The Morgan fingerprint density at radius 2 is 1.79 bits per heavy atom. The van der Waals surface area contributed by atoms with E-state index < -0.39 is 0 Å². The summed E-state index contributed by atoms with van der Waals surface area (Å²) in [6.45, 7) is 3.61. The number of ether oxygens (including phenoxy) is 1. The zero-order chi connectivity index (χ0) is 23.1. The number of piperidine rings is 1. The van der Waals surface area contributed by atoms with E-state index in [9.17, 15) is 9.59 Å². The van der Waals surface area contributed by atoms with E-state index >= 15 is 0 Å². The van der Waals surface area contributed by atoms with Crippen LogP contribution in [0.5, 0.6) is 5.75 Å². The molecule has 1 aromatic heterocycles. The van der Waals surface area contributed by atoms with Gasteiger partial charge in [0.25, 0.3) is 0 Å². The molecule has 1 aromatic carbocycles. The minimum absolute atomic E-state index is 0.0339. The molecular formula is C26H32N4O3S. The van der Waals surface area contributed by atoms with E-state index in [2.05, 4.69) is 22.3 Å². The molecule has 2 aliphatic heterocycles. The van der Waals surface area contributed by atoms with Gasteiger partial charge in [-0.25, -0.2) is 9.78 Å². The Kier molecular flexibility index (Phi) is 6.03. The average molecular weight is 481 g/mol. The number of nitrogens with one attached hydrogen (secondary N) is 1. The van der Waals surface area contributed by atoms with Crippen molar-refractivity contribution in [1.29, 1.82) is 0 Å². The standard InChI is InChI=1S/C26H32N4O3S/c31-24(17-4-5-17)28-26(32)30-13-10-22-23(16-30)34-25(27-22)18-6-8-20(9-7-18)33-21-14-19(15-21)29-11-2-1-3-12-29/h6-9,17,19,21H,1-5,10-16H2,(H,28,31,32). The molecule has 0 unspecified atom stereocenters. The Labute approximate surface area is 204 Å². The lowest BCUT2D eigenvalue weighted by Crippen LogP contribution is -2.50. The Morgan fingerprint density at radius 1 is 1.03 bits per heavy atom. The van der Waals surface area contributed by atoms with Gasteiger partial charge in [-0.05, 0) is 63.0 Å². The fraction of sp³-hybridized carbons (Fsp3) is 0.577. The van der Waals surface area contributed by atoms with Crippen LogP contribution in [0.1, 0.15) is 55.5 Å². The van der Waals surface area contributed by atoms with Gasteiger partial charge in [0, 0.05) is 48.2 Å². The first-order valence-corrected chi connectivity index (χ1v) is 13.5. The number of aromatic nitrogens is 1. The number of carbonyl (C=O) groups excluding carboxylic acids is 2. The summed E-state index contributed by atoms with van der Waals surface area (Å²) in [5.74, 6) is 0.828. The van der Waals surface area contributed by atoms with Crippen molar-refractivity contribution in [2.45, 2.75) is 70.1 Å². The van der Waals surface area contributed by atoms with Crippen molar-refractivity contribution >= 4 is 23.3 Å². The van der Waals surface area contributed by atoms with Crippen molar-refractivity contribution in [1.82, 2.24) is 20.1 Å². The zero-order valence-corrected chi connectivity index (χ0v) is 20.3. The van der Waals surface area contributed by atoms with Gasteiger partial charge in [-0.2, -0.15) is 0 Å². The second kappa shape index (κ2) is 9.30. The van der Waals surface area contributed by atoms with Crippen molar-refractivity contribution in [2.75, 3.05) is 19.6 Å². The monoisotopic (exact) mass is 480 g/mol. The maximum Gasteiger partial charge on any atom is 0.324 e. The molecule has 0 bridgehead atoms. The number of fused-ring (bicyclic) bond motifs is 1. The molecular weight excluding hydrogens is 448 g/mol. The van der Waals surface area contributed by atoms with Crippen LogP contribution in [0.25, 0.3) is 10.6 Å². The summed E-state index contributed by atoms with van der Waals surface area (Å²) in [4.78, 5) is 34.7. The number of carbonyl (C=O) groups is 2. The first-order valence-electron chi connectivity index (χ1n) is 12.7. The number of hydrogen-bond acceptors (Lipinski definition) is 6. The molecule has 2 aliphatic carbocycles. The van der Waals surface area contributed by atoms with Crippen molar-refractivity contribution in [3.05, 3.63) is 34.8 Å². The summed E-state index contributed by atoms with van der Waals surface area (Å²) >= 11 is 1.63. The molecule has 180 valence electrons. The van der Waals surface area contributed by atoms with Crippen LogP contribution in [0.3, 0.4) is 0 Å². The first kappa shape index (κ1) is 22.0. The van der Waals surface area contributed by atoms with Gasteiger partial charge in [0.15, 0.2) is 0 Å². The quantitative estimate of drug-likeness (QED) is 0.694. The van der Waals surface area contributed by atoms with Crippen LogP contribution in [-0.4, -0.2) is 58.5 Å². The van der Waals surface area contributed by atoms with Gasteiger partial charge in [0.05, 0.1) is 12.2 Å². The number of nitrogens with zero attached hydrogens (tertiary/aromatic N) is 3. The highest BCUT2D eigenvalue weighted by Crippen LogP contribution is 2.35. The van der Waals surface area contributed by atoms with Crippen LogP contribution in [0.2, 0.25) is 0 Å². The van der Waals surface area contributed by atoms with Crippen LogP contribution in [0.15, 0.2) is 24.3 Å². The van der Waals surface area contributed by atoms with Gasteiger partial charge in [-0.1, -0.05) is 6.42 Å². The Hall–Kier alpha value is -2.45. The number of hydrogen-bond donors (Lipinski definition) is 1. The summed E-state index contributed by atoms with van der Waals surface area (Å²) in [5.41, 5.74) is 2.14. The Morgan fingerprint density at radius 3 is 2.53 bits per heavy atom. The van der Waals surface area contributed by atoms with E-state index in [4.69, 9.17) is 9.72 Å². The number of likely N-dealkylation sites (tertiary alicyclic amines) is 1. The topological polar surface area (TPSA) is 74.8 Å². The smallest absolute Gasteiger partial charge is 0.324 e. The molecule has 8 heteroatoms. The van der Waals surface area contributed by atoms with Crippen LogP contribution in [0, 0.1) is 5.92 Å². The molecule has 0 atom stereocenters. The Balaban J connectivity index is 1.03. The van der Waals surface area contributed by atoms with E-state index in [1.165, 1.54) is 32.4 Å². The summed E-state index contributed by atoms with van der Waals surface area (Å²) in [6, 6.07) is 8.69. The SMILES string of the molecule is O=C(NC(=O)N1CCc2nc(-c3ccc(OC4CC(N5CCCCC5)C4)cc3)sc2C1)C1CC1. The maximum absolute atomic E-state index is 12.5. The largest absolute Gasteiger partial charge is 0.490 e. The van der Waals surface area contributed by atoms with Gasteiger partial charge in [0.1, 0.15) is 16.9 Å². The molecule has 0 radical (unpaired) electrons. The van der Waals surface area contributed by atoms with Crippen LogP contribution < -0.4 is 10.1 Å². The normalized spacial score (nSPS) is 24.8. The molecule has 2 saturated carbocycles. The van der Waals surface area contributed by atoms with Crippen molar-refractivity contribution < 1.29 is 14.3 Å². The summed E-state index contributed by atoms with van der Waals surface area (Å²) in [5, 5.41) is 3.52. The molecule has 3 fully saturated rings. The van der Waals surface area contributed by atoms with E-state index in [-0.39, 0.29) is 17.9 Å². The van der Waals surface area contributed by atoms with Gasteiger partial charge in [-0.3, -0.25) is 10.1 Å². The van der Waals surface area contributed by atoms with Gasteiger partial charge in [-0.15, -0.1) is 11.3 Å². The van der Waals surface area contributed by atoms with E-state index in [0.29, 0.717) is 25.2 Å². The van der Waals surface area contributed by atoms with Crippen LogP contribution >= 0.6 is 11.3 Å². The third-order valence-corrected chi connectivity index (χ3v) is 8.71. The van der Waals surface area contributed by atoms with Crippen molar-refractivity contribution in [3.8, 4) is 16.3 Å². The molecule has 0 spiro atoms. The molecule has 7 nitrogen and oxygen atoms in total. The second-order valence-electron chi connectivity index (χ2n) is 10.1. The third kappa shape index (κ3) is 4.70. The zero-order valence-electron chi connectivity index (χ0n) is 19.5. The van der Waals surface area contributed by atoms with Crippen molar-refractivity contribution in [3.63, 3.8) is 0 Å². The van der Waals surface area contributed by atoms with Crippen molar-refractivity contribution in [2.24, 2.45) is 5.92 Å². The summed E-state index contributed by atoms with van der Waals surface area (Å²) < 4.78 is 6.21. The van der Waals surface area contributed by atoms with E-state index in [1.807, 2.05) is 12.1 Å². The summed E-state index contributed by atoms with van der Waals surface area (Å²) in [6.07, 6.45) is 9.17. The van der Waals surface area contributed by atoms with E-state index in [0.717, 1.165) is 59.0 Å². The molecule has 1 N–H and O–H groups in total. The molecule has 3 amide bonds. The highest BCUT2D eigenvalue weighted by Gasteiger charge is 2.36. The number of rotatable bonds is 5. The van der Waals surface area contributed by atoms with Gasteiger partial charge >= 0.3 is 6.03 Å². The minimum Gasteiger partial charge on any atom is -0.490 e. The predicted octanol–water partition coefficient (Wildman–Crippen LogP) is 4.21. The molecule has 34 heavy (non-hydrogen) atoms. The average Bonchev–Trinajstić information content (AvgIpc) is 3.61. The lowest BCUT2D eigenvalue weighted by Gasteiger charge is -2.44. The Bertz CT molecular complexity index is 1050. The highest BCUT2D eigenvalue weighted by molar-refractivity contribution is 7.15. The number of urea groups is 1. The highest BCUT2D eigenvalue weighted by atomic mass is 32.1. The minimum atomic E-state index is -0.280. The third-order valence-electron chi connectivity index (χ3n) is 7.58. The molecule has 3 heterocycles. The lowest BCUT2D eigenvalue weighted by atomic mass is 9.86. The van der Waals surface area contributed by atoms with Crippen LogP contribution in [0.4, 0.5) is 4.79 Å². The number of benzene rings is 1. The first-order chi connectivity index (χ1) is 16.6. The maximum atomic E-state index is 12.5. The van der Waals surface area contributed by atoms with Gasteiger partial charge in [0.2, 0.25) is 5.91 Å². The molecule has 2 aromatic rings. The number of imide groups is 1. The second-order valence-corrected chi connectivity index (χ2v) is 11.2. The van der Waals surface area contributed by atoms with E-state index in [1.54, 1.807) is 16.2 Å². The van der Waals surface area contributed by atoms with Gasteiger partial charge < -0.3 is 14.5 Å². The predicted molar refractivity (Wildman–Crippen MR) is 131 cm³/mol. The summed E-state index contributed by atoms with van der Waals surface area (Å²) in [7, 11) is 0. The lowest BCUT2D eigenvalue weighted by molar-refractivity contribution is -0.121. The van der Waals surface area contributed by atoms with Crippen LogP contribution in [-0.2, 0) is 17.8 Å².